The smallest absolute Gasteiger partial charge is 0.321 e. The molecule has 1 aliphatic heterocycles. The van der Waals surface area contributed by atoms with Crippen LogP contribution in [0.3, 0.4) is 0 Å². The van der Waals surface area contributed by atoms with Crippen molar-refractivity contribution in [1.29, 1.82) is 0 Å². The second-order valence-electron chi connectivity index (χ2n) is 6.76. The molecule has 0 aromatic rings. The first-order chi connectivity index (χ1) is 11.6. The Hall–Kier alpha value is -1.63. The fraction of sp³-hybridized carbons (Fsp3) is 0.824. The van der Waals surface area contributed by atoms with Gasteiger partial charge in [0.05, 0.1) is 20.1 Å². The lowest BCUT2D eigenvalue weighted by Crippen LogP contribution is -2.50. The number of carbonyl (C=O) groups excluding carboxylic acids is 3. The van der Waals surface area contributed by atoms with Gasteiger partial charge in [0.15, 0.2) is 0 Å². The Morgan fingerprint density at radius 2 is 1.75 bits per heavy atom. The lowest BCUT2D eigenvalue weighted by molar-refractivity contribution is -0.143. The molecule has 1 saturated heterocycles. The average Bonchev–Trinajstić information content (AvgIpc) is 2.57. The molecule has 0 aromatic heterocycles. The molecule has 1 aliphatic carbocycles. The number of piperidine rings is 1. The Morgan fingerprint density at radius 1 is 1.04 bits per heavy atom. The van der Waals surface area contributed by atoms with Crippen molar-refractivity contribution in [1.82, 2.24) is 15.5 Å². The maximum Gasteiger partial charge on any atom is 0.321 e. The van der Waals surface area contributed by atoms with Crippen LogP contribution in [0.25, 0.3) is 0 Å². The van der Waals surface area contributed by atoms with Crippen molar-refractivity contribution < 1.29 is 19.1 Å². The fourth-order valence-electron chi connectivity index (χ4n) is 3.59. The second kappa shape index (κ2) is 9.61. The molecule has 24 heavy (non-hydrogen) atoms. The lowest BCUT2D eigenvalue weighted by atomic mass is 9.96. The van der Waals surface area contributed by atoms with Gasteiger partial charge in [0.25, 0.3) is 0 Å². The first kappa shape index (κ1) is 18.7. The average molecular weight is 339 g/mol. The molecule has 2 rings (SSSR count). The summed E-state index contributed by atoms with van der Waals surface area (Å²) in [5.74, 6) is -0.581. The molecule has 2 N–H and O–H groups in total. The van der Waals surface area contributed by atoms with Gasteiger partial charge in [-0.15, -0.1) is 0 Å². The number of hydrogen-bond acceptors (Lipinski definition) is 5. The number of hydrogen-bond donors (Lipinski definition) is 2. The number of nitrogens with zero attached hydrogens (tertiary/aromatic N) is 1. The largest absolute Gasteiger partial charge is 0.469 e. The van der Waals surface area contributed by atoms with Gasteiger partial charge in [0.1, 0.15) is 0 Å². The third-order valence-corrected chi connectivity index (χ3v) is 4.92. The molecule has 3 amide bonds. The van der Waals surface area contributed by atoms with Gasteiger partial charge in [0, 0.05) is 12.1 Å². The molecule has 2 fully saturated rings. The van der Waals surface area contributed by atoms with E-state index in [9.17, 15) is 14.4 Å². The van der Waals surface area contributed by atoms with Gasteiger partial charge in [-0.2, -0.15) is 0 Å². The molecule has 0 spiro atoms. The highest BCUT2D eigenvalue weighted by molar-refractivity contribution is 5.95. The molecule has 1 heterocycles. The minimum absolute atomic E-state index is 0.0124. The molecule has 1 unspecified atom stereocenters. The number of ether oxygens (including phenoxy) is 1. The van der Waals surface area contributed by atoms with E-state index in [1.54, 1.807) is 0 Å². The summed E-state index contributed by atoms with van der Waals surface area (Å²) in [5.41, 5.74) is 0. The van der Waals surface area contributed by atoms with Gasteiger partial charge in [0.2, 0.25) is 5.91 Å². The minimum Gasteiger partial charge on any atom is -0.469 e. The number of urea groups is 1. The van der Waals surface area contributed by atoms with E-state index in [0.29, 0.717) is 0 Å². The molecule has 136 valence electrons. The highest BCUT2D eigenvalue weighted by Gasteiger charge is 2.27. The van der Waals surface area contributed by atoms with Gasteiger partial charge in [-0.3, -0.25) is 19.8 Å². The van der Waals surface area contributed by atoms with E-state index in [4.69, 9.17) is 4.74 Å². The van der Waals surface area contributed by atoms with Crippen LogP contribution in [0, 0.1) is 0 Å². The van der Waals surface area contributed by atoms with E-state index < -0.39 is 6.03 Å². The number of imide groups is 1. The van der Waals surface area contributed by atoms with Crippen LogP contribution in [0.4, 0.5) is 4.79 Å². The van der Waals surface area contributed by atoms with E-state index in [1.807, 2.05) is 4.90 Å². The topological polar surface area (TPSA) is 87.7 Å². The Bertz CT molecular complexity index is 449. The number of esters is 1. The Kier molecular flexibility index (Phi) is 7.49. The Balaban J connectivity index is 1.76. The van der Waals surface area contributed by atoms with Crippen molar-refractivity contribution in [2.75, 3.05) is 20.2 Å². The fourth-order valence-corrected chi connectivity index (χ4v) is 3.59. The predicted octanol–water partition coefficient (Wildman–Crippen LogP) is 1.56. The lowest BCUT2D eigenvalue weighted by Gasteiger charge is -2.34. The highest BCUT2D eigenvalue weighted by atomic mass is 16.5. The van der Waals surface area contributed by atoms with Gasteiger partial charge in [-0.05, 0) is 32.2 Å². The third-order valence-electron chi connectivity index (χ3n) is 4.92. The zero-order valence-corrected chi connectivity index (χ0v) is 14.5. The van der Waals surface area contributed by atoms with E-state index in [1.165, 1.54) is 13.5 Å². The first-order valence-corrected chi connectivity index (χ1v) is 8.99. The van der Waals surface area contributed by atoms with E-state index >= 15 is 0 Å². The Morgan fingerprint density at radius 3 is 2.46 bits per heavy atom. The number of carbonyl (C=O) groups is 3. The summed E-state index contributed by atoms with van der Waals surface area (Å²) in [5, 5.41) is 5.29. The van der Waals surface area contributed by atoms with Crippen molar-refractivity contribution in [3.63, 3.8) is 0 Å². The summed E-state index contributed by atoms with van der Waals surface area (Å²) in [6.45, 7) is 0.902. The molecular weight excluding hydrogens is 310 g/mol. The number of rotatable bonds is 5. The van der Waals surface area contributed by atoms with Crippen molar-refractivity contribution >= 4 is 17.9 Å². The third kappa shape index (κ3) is 6.11. The normalized spacial score (nSPS) is 22.6. The quantitative estimate of drug-likeness (QED) is 0.742. The molecule has 0 bridgehead atoms. The zero-order chi connectivity index (χ0) is 17.4. The zero-order valence-electron chi connectivity index (χ0n) is 14.5. The summed E-state index contributed by atoms with van der Waals surface area (Å²) in [6, 6.07) is -0.222. The first-order valence-electron chi connectivity index (χ1n) is 8.99. The molecule has 7 heteroatoms. The van der Waals surface area contributed by atoms with Crippen LogP contribution in [0.5, 0.6) is 0 Å². The number of likely N-dealkylation sites (tertiary alicyclic amines) is 1. The van der Waals surface area contributed by atoms with Crippen molar-refractivity contribution in [3.8, 4) is 0 Å². The standard InChI is InChI=1S/C17H29N3O4/c1-24-16(22)11-14-9-5-6-10-20(14)12-15(21)19-17(23)18-13-7-3-2-4-8-13/h13-14H,2-12H2,1H3,(H2,18,19,21,23). The molecule has 1 atom stereocenters. The summed E-state index contributed by atoms with van der Waals surface area (Å²) >= 11 is 0. The number of nitrogens with one attached hydrogen (secondary N) is 2. The van der Waals surface area contributed by atoms with Crippen LogP contribution in [-0.4, -0.2) is 55.1 Å². The van der Waals surface area contributed by atoms with Crippen molar-refractivity contribution in [2.24, 2.45) is 0 Å². The molecule has 7 nitrogen and oxygen atoms in total. The number of methoxy groups -OCH3 is 1. The molecule has 0 aromatic carbocycles. The van der Waals surface area contributed by atoms with Crippen LogP contribution in [0.15, 0.2) is 0 Å². The maximum absolute atomic E-state index is 12.1. The molecule has 2 aliphatic rings. The van der Waals surface area contributed by atoms with Gasteiger partial charge in [-0.25, -0.2) is 4.79 Å². The second-order valence-corrected chi connectivity index (χ2v) is 6.76. The maximum atomic E-state index is 12.1. The van der Waals surface area contributed by atoms with Crippen LogP contribution >= 0.6 is 0 Å². The van der Waals surface area contributed by atoms with Crippen LogP contribution in [0.1, 0.15) is 57.8 Å². The summed E-state index contributed by atoms with van der Waals surface area (Å²) in [4.78, 5) is 37.5. The van der Waals surface area contributed by atoms with E-state index in [-0.39, 0.29) is 36.9 Å². The van der Waals surface area contributed by atoms with Crippen LogP contribution in [-0.2, 0) is 14.3 Å². The minimum atomic E-state index is -0.409. The summed E-state index contributed by atoms with van der Waals surface area (Å²) < 4.78 is 4.73. The SMILES string of the molecule is COC(=O)CC1CCCCN1CC(=O)NC(=O)NC1CCCCC1. The number of amides is 3. The Labute approximate surface area is 143 Å². The highest BCUT2D eigenvalue weighted by Crippen LogP contribution is 2.20. The molecular formula is C17H29N3O4. The predicted molar refractivity (Wildman–Crippen MR) is 89.4 cm³/mol. The monoisotopic (exact) mass is 339 g/mol. The summed E-state index contributed by atoms with van der Waals surface area (Å²) in [7, 11) is 1.37. The molecule has 0 radical (unpaired) electrons. The molecule has 1 saturated carbocycles. The van der Waals surface area contributed by atoms with Gasteiger partial charge < -0.3 is 10.1 Å². The van der Waals surface area contributed by atoms with E-state index in [0.717, 1.165) is 51.5 Å². The van der Waals surface area contributed by atoms with Crippen LogP contribution in [0.2, 0.25) is 0 Å². The van der Waals surface area contributed by atoms with Gasteiger partial charge in [-0.1, -0.05) is 25.7 Å². The van der Waals surface area contributed by atoms with Crippen molar-refractivity contribution in [2.45, 2.75) is 69.9 Å². The van der Waals surface area contributed by atoms with Gasteiger partial charge >= 0.3 is 12.0 Å². The van der Waals surface area contributed by atoms with Crippen LogP contribution < -0.4 is 10.6 Å². The van der Waals surface area contributed by atoms with E-state index in [2.05, 4.69) is 10.6 Å². The summed E-state index contributed by atoms with van der Waals surface area (Å²) in [6.07, 6.45) is 8.64. The van der Waals surface area contributed by atoms with Crippen molar-refractivity contribution in [3.05, 3.63) is 0 Å².